The van der Waals surface area contributed by atoms with E-state index in [9.17, 15) is 4.79 Å². The molecular formula is C12H15NO4. The minimum Gasteiger partial charge on any atom is -0.459 e. The van der Waals surface area contributed by atoms with E-state index in [0.717, 1.165) is 12.8 Å². The van der Waals surface area contributed by atoms with Crippen molar-refractivity contribution in [2.24, 2.45) is 0 Å². The van der Waals surface area contributed by atoms with Gasteiger partial charge in [-0.3, -0.25) is 4.79 Å². The highest BCUT2D eigenvalue weighted by atomic mass is 16.7. The van der Waals surface area contributed by atoms with Gasteiger partial charge in [0, 0.05) is 25.9 Å². The van der Waals surface area contributed by atoms with E-state index in [1.165, 1.54) is 6.26 Å². The maximum Gasteiger partial charge on any atom is 0.289 e. The van der Waals surface area contributed by atoms with Crippen molar-refractivity contribution in [3.05, 3.63) is 24.2 Å². The number of carbonyl (C=O) groups is 1. The van der Waals surface area contributed by atoms with Crippen molar-refractivity contribution in [3.8, 4) is 0 Å². The third kappa shape index (κ3) is 1.96. The molecule has 0 unspecified atom stereocenters. The van der Waals surface area contributed by atoms with Crippen LogP contribution in [0.5, 0.6) is 0 Å². The Kier molecular flexibility index (Phi) is 2.64. The number of carbonyl (C=O) groups excluding carboxylic acids is 1. The van der Waals surface area contributed by atoms with Crippen LogP contribution in [-0.2, 0) is 9.47 Å². The second-order valence-electron chi connectivity index (χ2n) is 4.38. The molecule has 0 bridgehead atoms. The molecule has 2 aliphatic heterocycles. The highest BCUT2D eigenvalue weighted by molar-refractivity contribution is 5.91. The van der Waals surface area contributed by atoms with Gasteiger partial charge in [0.25, 0.3) is 5.91 Å². The third-order valence-electron chi connectivity index (χ3n) is 3.36. The minimum atomic E-state index is -0.431. The predicted octanol–water partition coefficient (Wildman–Crippen LogP) is 1.26. The fourth-order valence-electron chi connectivity index (χ4n) is 2.39. The molecule has 5 heteroatoms. The molecule has 1 amide bonds. The van der Waals surface area contributed by atoms with Gasteiger partial charge in [-0.05, 0) is 12.1 Å². The van der Waals surface area contributed by atoms with Crippen LogP contribution in [-0.4, -0.2) is 42.9 Å². The van der Waals surface area contributed by atoms with Gasteiger partial charge in [-0.1, -0.05) is 0 Å². The number of hydrogen-bond donors (Lipinski definition) is 0. The Bertz CT molecular complexity index is 385. The molecule has 1 spiro atoms. The lowest BCUT2D eigenvalue weighted by Crippen LogP contribution is -2.47. The standard InChI is InChI=1S/C12H15NO4/c14-11(10-2-1-7-15-10)13-5-3-12(4-6-13)16-8-9-17-12/h1-2,7H,3-6,8-9H2. The first kappa shape index (κ1) is 10.8. The van der Waals surface area contributed by atoms with Gasteiger partial charge < -0.3 is 18.8 Å². The third-order valence-corrected chi connectivity index (χ3v) is 3.36. The van der Waals surface area contributed by atoms with Crippen LogP contribution in [0.2, 0.25) is 0 Å². The zero-order valence-corrected chi connectivity index (χ0v) is 9.55. The van der Waals surface area contributed by atoms with Gasteiger partial charge in [0.05, 0.1) is 19.5 Å². The van der Waals surface area contributed by atoms with E-state index in [2.05, 4.69) is 0 Å². The summed E-state index contributed by atoms with van der Waals surface area (Å²) in [5.41, 5.74) is 0. The maximum absolute atomic E-state index is 12.0. The van der Waals surface area contributed by atoms with Gasteiger partial charge in [-0.2, -0.15) is 0 Å². The number of nitrogens with zero attached hydrogens (tertiary/aromatic N) is 1. The molecule has 0 atom stereocenters. The lowest BCUT2D eigenvalue weighted by Gasteiger charge is -2.37. The van der Waals surface area contributed by atoms with Gasteiger partial charge in [0.2, 0.25) is 0 Å². The lowest BCUT2D eigenvalue weighted by molar-refractivity contribution is -0.181. The first-order valence-electron chi connectivity index (χ1n) is 5.90. The molecule has 0 aromatic carbocycles. The highest BCUT2D eigenvalue weighted by Crippen LogP contribution is 2.31. The van der Waals surface area contributed by atoms with E-state index in [0.29, 0.717) is 32.1 Å². The van der Waals surface area contributed by atoms with Crippen LogP contribution < -0.4 is 0 Å². The lowest BCUT2D eigenvalue weighted by atomic mass is 10.0. The average molecular weight is 237 g/mol. The molecule has 2 saturated heterocycles. The van der Waals surface area contributed by atoms with E-state index in [-0.39, 0.29) is 5.91 Å². The molecule has 3 heterocycles. The molecule has 3 rings (SSSR count). The Hall–Kier alpha value is -1.33. The molecule has 2 fully saturated rings. The van der Waals surface area contributed by atoms with Crippen molar-refractivity contribution in [2.75, 3.05) is 26.3 Å². The van der Waals surface area contributed by atoms with E-state index >= 15 is 0 Å². The van der Waals surface area contributed by atoms with Crippen LogP contribution in [0, 0.1) is 0 Å². The molecule has 0 saturated carbocycles. The van der Waals surface area contributed by atoms with Crippen molar-refractivity contribution in [3.63, 3.8) is 0 Å². The summed E-state index contributed by atoms with van der Waals surface area (Å²) < 4.78 is 16.3. The molecule has 92 valence electrons. The summed E-state index contributed by atoms with van der Waals surface area (Å²) >= 11 is 0. The van der Waals surface area contributed by atoms with E-state index in [1.807, 2.05) is 0 Å². The summed E-state index contributed by atoms with van der Waals surface area (Å²) in [6.07, 6.45) is 2.99. The largest absolute Gasteiger partial charge is 0.459 e. The first-order chi connectivity index (χ1) is 8.29. The highest BCUT2D eigenvalue weighted by Gasteiger charge is 2.41. The minimum absolute atomic E-state index is 0.0529. The molecule has 0 radical (unpaired) electrons. The monoisotopic (exact) mass is 237 g/mol. The van der Waals surface area contributed by atoms with E-state index < -0.39 is 5.79 Å². The van der Waals surface area contributed by atoms with Gasteiger partial charge in [-0.25, -0.2) is 0 Å². The molecule has 2 aliphatic rings. The van der Waals surface area contributed by atoms with Gasteiger partial charge in [0.1, 0.15) is 0 Å². The average Bonchev–Trinajstić information content (AvgIpc) is 3.01. The van der Waals surface area contributed by atoms with Crippen molar-refractivity contribution in [1.29, 1.82) is 0 Å². The molecular weight excluding hydrogens is 222 g/mol. The van der Waals surface area contributed by atoms with E-state index in [4.69, 9.17) is 13.9 Å². The fraction of sp³-hybridized carbons (Fsp3) is 0.583. The molecule has 1 aromatic heterocycles. The quantitative estimate of drug-likeness (QED) is 0.737. The SMILES string of the molecule is O=C(c1ccco1)N1CCC2(CC1)OCCO2. The van der Waals surface area contributed by atoms with Crippen molar-refractivity contribution < 1.29 is 18.7 Å². The van der Waals surface area contributed by atoms with Crippen LogP contribution in [0.1, 0.15) is 23.4 Å². The Morgan fingerprint density at radius 1 is 1.24 bits per heavy atom. The Balaban J connectivity index is 1.63. The summed E-state index contributed by atoms with van der Waals surface area (Å²) in [7, 11) is 0. The number of furan rings is 1. The fourth-order valence-corrected chi connectivity index (χ4v) is 2.39. The predicted molar refractivity (Wildman–Crippen MR) is 58.5 cm³/mol. The number of hydrogen-bond acceptors (Lipinski definition) is 4. The smallest absolute Gasteiger partial charge is 0.289 e. The number of likely N-dealkylation sites (tertiary alicyclic amines) is 1. The van der Waals surface area contributed by atoms with Crippen LogP contribution in [0.25, 0.3) is 0 Å². The van der Waals surface area contributed by atoms with Gasteiger partial charge in [0.15, 0.2) is 11.5 Å². The number of rotatable bonds is 1. The molecule has 0 aliphatic carbocycles. The normalized spacial score (nSPS) is 23.2. The van der Waals surface area contributed by atoms with E-state index in [1.54, 1.807) is 17.0 Å². The van der Waals surface area contributed by atoms with Crippen LogP contribution in [0.15, 0.2) is 22.8 Å². The summed E-state index contributed by atoms with van der Waals surface area (Å²) in [5, 5.41) is 0. The molecule has 0 N–H and O–H groups in total. The summed E-state index contributed by atoms with van der Waals surface area (Å²) in [6, 6.07) is 3.41. The Morgan fingerprint density at radius 3 is 2.53 bits per heavy atom. The van der Waals surface area contributed by atoms with Crippen LogP contribution in [0.4, 0.5) is 0 Å². The first-order valence-corrected chi connectivity index (χ1v) is 5.90. The van der Waals surface area contributed by atoms with Crippen molar-refractivity contribution in [2.45, 2.75) is 18.6 Å². The second-order valence-corrected chi connectivity index (χ2v) is 4.38. The zero-order chi connectivity index (χ0) is 11.7. The van der Waals surface area contributed by atoms with Crippen LogP contribution >= 0.6 is 0 Å². The Morgan fingerprint density at radius 2 is 1.94 bits per heavy atom. The topological polar surface area (TPSA) is 51.9 Å². The van der Waals surface area contributed by atoms with Crippen molar-refractivity contribution >= 4 is 5.91 Å². The summed E-state index contributed by atoms with van der Waals surface area (Å²) in [5.74, 6) is -0.0861. The maximum atomic E-state index is 12.0. The van der Waals surface area contributed by atoms with Crippen LogP contribution in [0.3, 0.4) is 0 Å². The molecule has 1 aromatic rings. The van der Waals surface area contributed by atoms with Gasteiger partial charge in [-0.15, -0.1) is 0 Å². The number of ether oxygens (including phenoxy) is 2. The zero-order valence-electron chi connectivity index (χ0n) is 9.55. The Labute approximate surface area is 99.3 Å². The number of amides is 1. The summed E-state index contributed by atoms with van der Waals surface area (Å²) in [4.78, 5) is 13.8. The molecule has 5 nitrogen and oxygen atoms in total. The van der Waals surface area contributed by atoms with Gasteiger partial charge >= 0.3 is 0 Å². The van der Waals surface area contributed by atoms with Crippen molar-refractivity contribution in [1.82, 2.24) is 4.90 Å². The summed E-state index contributed by atoms with van der Waals surface area (Å²) in [6.45, 7) is 2.62. The number of piperidine rings is 1. The second kappa shape index (κ2) is 4.16. The molecule has 17 heavy (non-hydrogen) atoms.